The van der Waals surface area contributed by atoms with Crippen LogP contribution in [0.5, 0.6) is 17.2 Å². The minimum absolute atomic E-state index is 0.0808. The van der Waals surface area contributed by atoms with E-state index >= 15 is 0 Å². The van der Waals surface area contributed by atoms with E-state index in [1.807, 2.05) is 38.1 Å². The van der Waals surface area contributed by atoms with Crippen molar-refractivity contribution in [1.82, 2.24) is 0 Å². The maximum Gasteiger partial charge on any atom is 0.156 e. The minimum atomic E-state index is 0.0808. The topological polar surface area (TPSA) is 49.3 Å². The maximum atomic E-state index is 6.28. The Kier molecular flexibility index (Phi) is 12.0. The molecular formula is C24H27Cl4NO4. The van der Waals surface area contributed by atoms with Gasteiger partial charge in [-0.05, 0) is 38.5 Å². The standard InChI is InChI=1S/C24H27Cl4NO4/c1-4-16(2)33-29-17(3)18-7-5-8-19(13-18)30-10-6-11-32-24-21(25)14-20(15-22(24)26)31-12-9-23(27)28/h5,7-9,13-16H,4,6,10-12H2,1-3H3. The summed E-state index contributed by atoms with van der Waals surface area (Å²) in [4.78, 5) is 5.45. The summed E-state index contributed by atoms with van der Waals surface area (Å²) in [7, 11) is 0. The molecule has 33 heavy (non-hydrogen) atoms. The molecule has 2 rings (SSSR count). The van der Waals surface area contributed by atoms with Gasteiger partial charge < -0.3 is 19.0 Å². The Morgan fingerprint density at radius 3 is 2.36 bits per heavy atom. The highest BCUT2D eigenvalue weighted by Gasteiger charge is 2.11. The zero-order valence-corrected chi connectivity index (χ0v) is 21.8. The molecule has 5 nitrogen and oxygen atoms in total. The number of hydrogen-bond donors (Lipinski definition) is 0. The molecule has 0 bridgehead atoms. The molecule has 0 saturated heterocycles. The van der Waals surface area contributed by atoms with Crippen LogP contribution in [0, 0.1) is 0 Å². The fourth-order valence-corrected chi connectivity index (χ4v) is 3.19. The van der Waals surface area contributed by atoms with E-state index in [0.29, 0.717) is 41.2 Å². The van der Waals surface area contributed by atoms with Gasteiger partial charge in [0, 0.05) is 24.1 Å². The molecule has 1 atom stereocenters. The summed E-state index contributed by atoms with van der Waals surface area (Å²) in [6, 6.07) is 11.0. The summed E-state index contributed by atoms with van der Waals surface area (Å²) < 4.78 is 17.2. The third-order valence-electron chi connectivity index (χ3n) is 4.46. The summed E-state index contributed by atoms with van der Waals surface area (Å²) in [5.74, 6) is 1.63. The largest absolute Gasteiger partial charge is 0.493 e. The van der Waals surface area contributed by atoms with Crippen LogP contribution in [-0.4, -0.2) is 31.6 Å². The molecule has 0 saturated carbocycles. The average molecular weight is 535 g/mol. The van der Waals surface area contributed by atoms with E-state index in [-0.39, 0.29) is 17.2 Å². The number of hydrogen-bond acceptors (Lipinski definition) is 5. The molecule has 9 heteroatoms. The van der Waals surface area contributed by atoms with Crippen LogP contribution in [0.15, 0.2) is 52.1 Å². The summed E-state index contributed by atoms with van der Waals surface area (Å²) in [5.41, 5.74) is 1.74. The molecule has 1 unspecified atom stereocenters. The van der Waals surface area contributed by atoms with Gasteiger partial charge >= 0.3 is 0 Å². The molecule has 0 aliphatic carbocycles. The lowest BCUT2D eigenvalue weighted by Crippen LogP contribution is -2.07. The lowest BCUT2D eigenvalue weighted by molar-refractivity contribution is 0.0699. The second kappa shape index (κ2) is 14.5. The monoisotopic (exact) mass is 533 g/mol. The van der Waals surface area contributed by atoms with E-state index in [4.69, 9.17) is 65.5 Å². The number of ether oxygens (including phenoxy) is 3. The van der Waals surface area contributed by atoms with Gasteiger partial charge in [0.1, 0.15) is 28.7 Å². The summed E-state index contributed by atoms with van der Waals surface area (Å²) in [6.45, 7) is 6.99. The second-order valence-corrected chi connectivity index (χ2v) is 8.92. The predicted molar refractivity (Wildman–Crippen MR) is 137 cm³/mol. The minimum Gasteiger partial charge on any atom is -0.493 e. The lowest BCUT2D eigenvalue weighted by Gasteiger charge is -2.13. The van der Waals surface area contributed by atoms with E-state index in [1.165, 1.54) is 6.08 Å². The fraction of sp³-hybridized carbons (Fsp3) is 0.375. The van der Waals surface area contributed by atoms with E-state index < -0.39 is 0 Å². The normalized spacial score (nSPS) is 12.2. The smallest absolute Gasteiger partial charge is 0.156 e. The summed E-state index contributed by atoms with van der Waals surface area (Å²) in [5, 5.41) is 4.89. The SMILES string of the molecule is CCC(C)ON=C(C)c1cccc(OCCCOc2c(Cl)cc(OCC=C(Cl)Cl)cc2Cl)c1. The van der Waals surface area contributed by atoms with Crippen LogP contribution in [0.2, 0.25) is 10.0 Å². The van der Waals surface area contributed by atoms with Crippen molar-refractivity contribution < 1.29 is 19.0 Å². The van der Waals surface area contributed by atoms with Crippen LogP contribution in [-0.2, 0) is 4.84 Å². The highest BCUT2D eigenvalue weighted by Crippen LogP contribution is 2.37. The van der Waals surface area contributed by atoms with Crippen LogP contribution in [0.25, 0.3) is 0 Å². The number of halogens is 4. The lowest BCUT2D eigenvalue weighted by atomic mass is 10.1. The highest BCUT2D eigenvalue weighted by molar-refractivity contribution is 6.55. The Bertz CT molecular complexity index is 938. The van der Waals surface area contributed by atoms with Crippen LogP contribution in [0.4, 0.5) is 0 Å². The second-order valence-electron chi connectivity index (χ2n) is 7.10. The number of nitrogens with zero attached hydrogens (tertiary/aromatic N) is 1. The van der Waals surface area contributed by atoms with Gasteiger partial charge in [0.2, 0.25) is 0 Å². The van der Waals surface area contributed by atoms with Crippen molar-refractivity contribution in [3.8, 4) is 17.2 Å². The first kappa shape index (κ1) is 27.5. The molecule has 180 valence electrons. The molecule has 0 radical (unpaired) electrons. The Morgan fingerprint density at radius 1 is 1.00 bits per heavy atom. The quantitative estimate of drug-likeness (QED) is 0.148. The van der Waals surface area contributed by atoms with Gasteiger partial charge in [-0.15, -0.1) is 0 Å². The number of benzene rings is 2. The molecule has 2 aromatic carbocycles. The van der Waals surface area contributed by atoms with Crippen molar-refractivity contribution in [2.45, 2.75) is 39.7 Å². The van der Waals surface area contributed by atoms with Crippen molar-refractivity contribution in [1.29, 1.82) is 0 Å². The third-order valence-corrected chi connectivity index (χ3v) is 5.33. The molecular weight excluding hydrogens is 508 g/mol. The van der Waals surface area contributed by atoms with Gasteiger partial charge in [-0.3, -0.25) is 0 Å². The van der Waals surface area contributed by atoms with Gasteiger partial charge in [0.05, 0.1) is 29.0 Å². The molecule has 0 fully saturated rings. The van der Waals surface area contributed by atoms with Gasteiger partial charge in [0.25, 0.3) is 0 Å². The Hall–Kier alpha value is -1.79. The Balaban J connectivity index is 1.82. The van der Waals surface area contributed by atoms with Crippen molar-refractivity contribution in [3.63, 3.8) is 0 Å². The predicted octanol–water partition coefficient (Wildman–Crippen LogP) is 8.08. The molecule has 0 spiro atoms. The van der Waals surface area contributed by atoms with E-state index in [2.05, 4.69) is 12.1 Å². The van der Waals surface area contributed by atoms with Gasteiger partial charge in [0.15, 0.2) is 5.75 Å². The Labute approximate surface area is 215 Å². The fourth-order valence-electron chi connectivity index (χ4n) is 2.49. The van der Waals surface area contributed by atoms with Crippen LogP contribution in [0.1, 0.15) is 39.2 Å². The van der Waals surface area contributed by atoms with Crippen molar-refractivity contribution in [2.24, 2.45) is 5.16 Å². The number of rotatable bonds is 13. The first-order valence-electron chi connectivity index (χ1n) is 10.5. The maximum absolute atomic E-state index is 6.28. The average Bonchev–Trinajstić information content (AvgIpc) is 2.78. The van der Waals surface area contributed by atoms with E-state index in [9.17, 15) is 0 Å². The molecule has 2 aromatic rings. The zero-order valence-electron chi connectivity index (χ0n) is 18.7. The van der Waals surface area contributed by atoms with Crippen LogP contribution in [0.3, 0.4) is 0 Å². The van der Waals surface area contributed by atoms with Crippen molar-refractivity contribution in [2.75, 3.05) is 19.8 Å². The number of oxime groups is 1. The van der Waals surface area contributed by atoms with Gasteiger partial charge in [-0.25, -0.2) is 0 Å². The van der Waals surface area contributed by atoms with Crippen LogP contribution < -0.4 is 14.2 Å². The molecule has 0 N–H and O–H groups in total. The molecule has 0 amide bonds. The molecule has 0 aliphatic heterocycles. The molecule has 0 heterocycles. The van der Waals surface area contributed by atoms with Crippen molar-refractivity contribution in [3.05, 3.63) is 62.6 Å². The van der Waals surface area contributed by atoms with E-state index in [0.717, 1.165) is 23.4 Å². The zero-order chi connectivity index (χ0) is 24.2. The van der Waals surface area contributed by atoms with Gasteiger partial charge in [-0.2, -0.15) is 0 Å². The molecule has 0 aromatic heterocycles. The molecule has 0 aliphatic rings. The summed E-state index contributed by atoms with van der Waals surface area (Å²) >= 11 is 23.7. The van der Waals surface area contributed by atoms with Crippen molar-refractivity contribution >= 4 is 52.1 Å². The summed E-state index contributed by atoms with van der Waals surface area (Å²) in [6.07, 6.45) is 3.13. The highest BCUT2D eigenvalue weighted by atomic mass is 35.5. The first-order chi connectivity index (χ1) is 15.8. The van der Waals surface area contributed by atoms with Gasteiger partial charge in [-0.1, -0.05) is 70.6 Å². The van der Waals surface area contributed by atoms with E-state index in [1.54, 1.807) is 12.1 Å². The Morgan fingerprint density at radius 2 is 1.70 bits per heavy atom. The van der Waals surface area contributed by atoms with Crippen LogP contribution >= 0.6 is 46.4 Å². The third kappa shape index (κ3) is 9.93. The first-order valence-corrected chi connectivity index (χ1v) is 12.0.